The van der Waals surface area contributed by atoms with Gasteiger partial charge in [-0.25, -0.2) is 0 Å². The molecule has 0 aliphatic heterocycles. The molecule has 0 amide bonds. The third-order valence-electron chi connectivity index (χ3n) is 1.42. The molecule has 0 saturated heterocycles. The lowest BCUT2D eigenvalue weighted by molar-refractivity contribution is 1.28. The Morgan fingerprint density at radius 1 is 1.33 bits per heavy atom. The van der Waals surface area contributed by atoms with Gasteiger partial charge in [-0.05, 0) is 24.6 Å². The summed E-state index contributed by atoms with van der Waals surface area (Å²) in [4.78, 5) is 0.410. The first-order valence-corrected chi connectivity index (χ1v) is 5.05. The monoisotopic (exact) mass is 244 g/mol. The van der Waals surface area contributed by atoms with Gasteiger partial charge >= 0.3 is 0 Å². The highest BCUT2D eigenvalue weighted by Gasteiger charge is 1.89. The average molecular weight is 246 g/mol. The topological polar surface area (TPSA) is 0 Å². The molecule has 12 heavy (non-hydrogen) atoms. The molecule has 0 fully saturated rings. The largest absolute Gasteiger partial charge is 0.0848 e. The predicted molar refractivity (Wildman–Crippen MR) is 58.9 cm³/mol. The lowest BCUT2D eigenvalue weighted by Crippen LogP contribution is -1.79. The molecule has 1 unspecified atom stereocenters. The maximum atomic E-state index is 5.74. The van der Waals surface area contributed by atoms with Crippen LogP contribution in [0.25, 0.3) is 6.08 Å². The van der Waals surface area contributed by atoms with E-state index in [4.69, 9.17) is 11.6 Å². The third kappa shape index (κ3) is 3.42. The van der Waals surface area contributed by atoms with Gasteiger partial charge in [0.25, 0.3) is 0 Å². The van der Waals surface area contributed by atoms with E-state index in [2.05, 4.69) is 35.0 Å². The minimum atomic E-state index is 0.410. The standard InChI is InChI=1S/C10H10BrCl/c1-8(11)2-3-9-4-6-10(12)7-5-9/h2-8H,1H3/b3-2+. The normalized spacial score (nSPS) is 13.6. The zero-order chi connectivity index (χ0) is 8.97. The average Bonchev–Trinajstić information content (AvgIpc) is 2.03. The van der Waals surface area contributed by atoms with E-state index in [1.165, 1.54) is 5.56 Å². The molecule has 0 radical (unpaired) electrons. The Hall–Kier alpha value is -0.270. The number of alkyl halides is 1. The number of hydrogen-bond donors (Lipinski definition) is 0. The van der Waals surface area contributed by atoms with E-state index in [1.807, 2.05) is 24.3 Å². The second-order valence-electron chi connectivity index (χ2n) is 2.59. The van der Waals surface area contributed by atoms with Crippen LogP contribution in [0.4, 0.5) is 0 Å². The van der Waals surface area contributed by atoms with Gasteiger partial charge in [-0.1, -0.05) is 51.8 Å². The quantitative estimate of drug-likeness (QED) is 0.687. The zero-order valence-corrected chi connectivity index (χ0v) is 9.14. The van der Waals surface area contributed by atoms with Gasteiger partial charge in [0.2, 0.25) is 0 Å². The van der Waals surface area contributed by atoms with Gasteiger partial charge < -0.3 is 0 Å². The van der Waals surface area contributed by atoms with Crippen molar-refractivity contribution in [3.05, 3.63) is 40.9 Å². The van der Waals surface area contributed by atoms with E-state index in [1.54, 1.807) is 0 Å². The molecule has 0 aliphatic rings. The number of halogens is 2. The van der Waals surface area contributed by atoms with Crippen LogP contribution in [0.3, 0.4) is 0 Å². The minimum Gasteiger partial charge on any atom is -0.0848 e. The van der Waals surface area contributed by atoms with Crippen LogP contribution >= 0.6 is 27.5 Å². The summed E-state index contributed by atoms with van der Waals surface area (Å²) in [5.74, 6) is 0. The SMILES string of the molecule is CC(Br)/C=C/c1ccc(Cl)cc1. The summed E-state index contributed by atoms with van der Waals surface area (Å²) in [6.45, 7) is 2.08. The van der Waals surface area contributed by atoms with E-state index < -0.39 is 0 Å². The van der Waals surface area contributed by atoms with E-state index >= 15 is 0 Å². The van der Waals surface area contributed by atoms with Gasteiger partial charge in [-0.2, -0.15) is 0 Å². The highest BCUT2D eigenvalue weighted by Crippen LogP contribution is 2.11. The van der Waals surface area contributed by atoms with Crippen LogP contribution in [-0.2, 0) is 0 Å². The smallest absolute Gasteiger partial charge is 0.0406 e. The Labute approximate surface area is 86.4 Å². The van der Waals surface area contributed by atoms with Crippen molar-refractivity contribution in [1.82, 2.24) is 0 Å². The van der Waals surface area contributed by atoms with Crippen molar-refractivity contribution < 1.29 is 0 Å². The summed E-state index contributed by atoms with van der Waals surface area (Å²) in [6.07, 6.45) is 4.15. The van der Waals surface area contributed by atoms with Crippen LogP contribution in [0.2, 0.25) is 5.02 Å². The Morgan fingerprint density at radius 2 is 1.92 bits per heavy atom. The second kappa shape index (κ2) is 4.68. The summed E-state index contributed by atoms with van der Waals surface area (Å²) in [7, 11) is 0. The molecular formula is C10H10BrCl. The molecular weight excluding hydrogens is 235 g/mol. The van der Waals surface area contributed by atoms with Crippen molar-refractivity contribution in [2.75, 3.05) is 0 Å². The molecule has 0 aromatic heterocycles. The van der Waals surface area contributed by atoms with Crippen LogP contribution in [0.5, 0.6) is 0 Å². The van der Waals surface area contributed by atoms with Gasteiger partial charge in [0, 0.05) is 9.85 Å². The fourth-order valence-corrected chi connectivity index (χ4v) is 1.10. The van der Waals surface area contributed by atoms with Crippen molar-refractivity contribution in [1.29, 1.82) is 0 Å². The zero-order valence-electron chi connectivity index (χ0n) is 6.80. The Bertz CT molecular complexity index is 262. The van der Waals surface area contributed by atoms with Crippen LogP contribution in [0, 0.1) is 0 Å². The third-order valence-corrected chi connectivity index (χ3v) is 1.98. The molecule has 0 N–H and O–H groups in total. The number of allylic oxidation sites excluding steroid dienone is 1. The van der Waals surface area contributed by atoms with Crippen LogP contribution < -0.4 is 0 Å². The van der Waals surface area contributed by atoms with Crippen molar-refractivity contribution in [3.8, 4) is 0 Å². The lowest BCUT2D eigenvalue weighted by Gasteiger charge is -1.94. The van der Waals surface area contributed by atoms with Crippen molar-refractivity contribution in [2.24, 2.45) is 0 Å². The molecule has 0 spiro atoms. The van der Waals surface area contributed by atoms with E-state index in [0.29, 0.717) is 4.83 Å². The van der Waals surface area contributed by atoms with Crippen LogP contribution in [0.15, 0.2) is 30.3 Å². The van der Waals surface area contributed by atoms with E-state index in [9.17, 15) is 0 Å². The van der Waals surface area contributed by atoms with Crippen LogP contribution in [0.1, 0.15) is 12.5 Å². The molecule has 0 aliphatic carbocycles. The molecule has 64 valence electrons. The highest BCUT2D eigenvalue weighted by atomic mass is 79.9. The Morgan fingerprint density at radius 3 is 2.42 bits per heavy atom. The Kier molecular flexibility index (Phi) is 3.83. The summed E-state index contributed by atoms with van der Waals surface area (Å²) in [6, 6.07) is 7.77. The second-order valence-corrected chi connectivity index (χ2v) is 4.47. The summed E-state index contributed by atoms with van der Waals surface area (Å²) in [5.41, 5.74) is 1.17. The molecule has 2 heteroatoms. The highest BCUT2D eigenvalue weighted by molar-refractivity contribution is 9.09. The first-order chi connectivity index (χ1) is 5.68. The fourth-order valence-electron chi connectivity index (χ4n) is 0.818. The van der Waals surface area contributed by atoms with Gasteiger partial charge in [-0.15, -0.1) is 0 Å². The van der Waals surface area contributed by atoms with Crippen molar-refractivity contribution >= 4 is 33.6 Å². The van der Waals surface area contributed by atoms with Crippen molar-refractivity contribution in [2.45, 2.75) is 11.8 Å². The van der Waals surface area contributed by atoms with Crippen LogP contribution in [-0.4, -0.2) is 4.83 Å². The first-order valence-electron chi connectivity index (χ1n) is 3.76. The molecule has 1 atom stereocenters. The maximum absolute atomic E-state index is 5.74. The number of hydrogen-bond acceptors (Lipinski definition) is 0. The number of rotatable bonds is 2. The Balaban J connectivity index is 2.71. The van der Waals surface area contributed by atoms with Gasteiger partial charge in [0.15, 0.2) is 0 Å². The molecule has 0 heterocycles. The summed E-state index contributed by atoms with van der Waals surface area (Å²) in [5, 5.41) is 0.777. The van der Waals surface area contributed by atoms with Crippen molar-refractivity contribution in [3.63, 3.8) is 0 Å². The lowest BCUT2D eigenvalue weighted by atomic mass is 10.2. The minimum absolute atomic E-state index is 0.410. The molecule has 0 nitrogen and oxygen atoms in total. The van der Waals surface area contributed by atoms with E-state index in [0.717, 1.165) is 5.02 Å². The molecule has 1 rings (SSSR count). The predicted octanol–water partition coefficient (Wildman–Crippen LogP) is 4.14. The summed E-state index contributed by atoms with van der Waals surface area (Å²) >= 11 is 9.17. The van der Waals surface area contributed by atoms with Gasteiger partial charge in [-0.3, -0.25) is 0 Å². The maximum Gasteiger partial charge on any atom is 0.0406 e. The van der Waals surface area contributed by atoms with E-state index in [-0.39, 0.29) is 0 Å². The molecule has 0 bridgehead atoms. The first kappa shape index (κ1) is 9.82. The fraction of sp³-hybridized carbons (Fsp3) is 0.200. The molecule has 0 saturated carbocycles. The number of benzene rings is 1. The molecule has 1 aromatic rings. The summed E-state index contributed by atoms with van der Waals surface area (Å²) < 4.78 is 0. The van der Waals surface area contributed by atoms with Gasteiger partial charge in [0.1, 0.15) is 0 Å². The van der Waals surface area contributed by atoms with Gasteiger partial charge in [0.05, 0.1) is 0 Å². The molecule has 1 aromatic carbocycles.